The highest BCUT2D eigenvalue weighted by Crippen LogP contribution is 2.30. The van der Waals surface area contributed by atoms with Crippen LogP contribution in [0.15, 0.2) is 36.4 Å². The van der Waals surface area contributed by atoms with Gasteiger partial charge in [0.25, 0.3) is 0 Å². The molecule has 0 aliphatic heterocycles. The van der Waals surface area contributed by atoms with Crippen molar-refractivity contribution in [2.45, 2.75) is 26.2 Å². The van der Waals surface area contributed by atoms with Gasteiger partial charge in [0, 0.05) is 31.4 Å². The SMILES string of the molecule is COc1ccc2nc(C(=S=O)c3cc(C(C)(C)C)ccc3N(C)C)[nH]c2c1. The molecule has 0 spiro atoms. The average Bonchev–Trinajstić information content (AvgIpc) is 3.03. The normalized spacial score (nSPS) is 11.5. The van der Waals surface area contributed by atoms with Crippen LogP contribution in [0.5, 0.6) is 5.75 Å². The van der Waals surface area contributed by atoms with Crippen LogP contribution in [0.1, 0.15) is 37.7 Å². The van der Waals surface area contributed by atoms with Crippen LogP contribution >= 0.6 is 0 Å². The van der Waals surface area contributed by atoms with Crippen LogP contribution in [-0.2, 0) is 16.7 Å². The van der Waals surface area contributed by atoms with Crippen molar-refractivity contribution >= 4 is 32.8 Å². The van der Waals surface area contributed by atoms with E-state index in [9.17, 15) is 4.21 Å². The highest BCUT2D eigenvalue weighted by Gasteiger charge is 2.21. The molecule has 0 aliphatic rings. The Bertz CT molecular complexity index is 1040. The molecular weight excluding hydrogens is 358 g/mol. The number of imidazole rings is 1. The molecule has 6 heteroatoms. The number of hydrogen-bond donors (Lipinski definition) is 1. The molecule has 1 heterocycles. The molecule has 0 fully saturated rings. The number of hydrogen-bond acceptors (Lipinski definition) is 4. The third-order valence-electron chi connectivity index (χ3n) is 4.58. The van der Waals surface area contributed by atoms with E-state index in [2.05, 4.69) is 48.9 Å². The molecule has 0 radical (unpaired) electrons. The molecule has 1 aromatic heterocycles. The minimum atomic E-state index is -0.0144. The van der Waals surface area contributed by atoms with E-state index in [0.717, 1.165) is 28.0 Å². The Hall–Kier alpha value is -2.60. The predicted octanol–water partition coefficient (Wildman–Crippen LogP) is 3.72. The number of fused-ring (bicyclic) bond motifs is 1. The summed E-state index contributed by atoms with van der Waals surface area (Å²) in [5, 5.41) is 0. The van der Waals surface area contributed by atoms with Gasteiger partial charge in [0.2, 0.25) is 0 Å². The fraction of sp³-hybridized carbons (Fsp3) is 0.333. The maximum absolute atomic E-state index is 12.1. The van der Waals surface area contributed by atoms with Crippen molar-refractivity contribution in [2.75, 3.05) is 26.1 Å². The van der Waals surface area contributed by atoms with Crippen molar-refractivity contribution < 1.29 is 8.95 Å². The van der Waals surface area contributed by atoms with Crippen molar-refractivity contribution in [1.82, 2.24) is 9.97 Å². The molecule has 3 aromatic rings. The van der Waals surface area contributed by atoms with E-state index in [4.69, 9.17) is 4.74 Å². The Morgan fingerprint density at radius 2 is 1.89 bits per heavy atom. The first-order valence-corrected chi connectivity index (χ1v) is 9.52. The molecule has 0 amide bonds. The molecule has 0 unspecified atom stereocenters. The summed E-state index contributed by atoms with van der Waals surface area (Å²) in [5.41, 5.74) is 4.68. The molecular formula is C21H25N3O2S. The van der Waals surface area contributed by atoms with Crippen LogP contribution in [0.2, 0.25) is 0 Å². The summed E-state index contributed by atoms with van der Waals surface area (Å²) in [7, 11) is 5.59. The number of nitrogens with one attached hydrogen (secondary N) is 1. The maximum Gasteiger partial charge on any atom is 0.152 e. The van der Waals surface area contributed by atoms with Gasteiger partial charge in [-0.3, -0.25) is 0 Å². The number of aromatic amines is 1. The Kier molecular flexibility index (Phi) is 5.11. The van der Waals surface area contributed by atoms with Gasteiger partial charge >= 0.3 is 0 Å². The molecule has 0 saturated carbocycles. The van der Waals surface area contributed by atoms with Gasteiger partial charge in [0.15, 0.2) is 5.82 Å². The maximum atomic E-state index is 12.1. The number of H-pyrrole nitrogens is 1. The molecule has 0 bridgehead atoms. The minimum absolute atomic E-state index is 0.0144. The summed E-state index contributed by atoms with van der Waals surface area (Å²) in [6.07, 6.45) is 0. The van der Waals surface area contributed by atoms with E-state index in [1.54, 1.807) is 7.11 Å². The molecule has 5 nitrogen and oxygen atoms in total. The van der Waals surface area contributed by atoms with Crippen molar-refractivity contribution in [3.8, 4) is 5.75 Å². The van der Waals surface area contributed by atoms with E-state index < -0.39 is 0 Å². The lowest BCUT2D eigenvalue weighted by Crippen LogP contribution is -2.18. The van der Waals surface area contributed by atoms with Crippen molar-refractivity contribution in [3.05, 3.63) is 53.3 Å². The zero-order chi connectivity index (χ0) is 19.8. The second kappa shape index (κ2) is 7.19. The van der Waals surface area contributed by atoms with Crippen molar-refractivity contribution in [3.63, 3.8) is 0 Å². The number of nitrogens with zero attached hydrogens (tertiary/aromatic N) is 2. The van der Waals surface area contributed by atoms with Gasteiger partial charge in [-0.1, -0.05) is 26.8 Å². The summed E-state index contributed by atoms with van der Waals surface area (Å²) in [4.78, 5) is 10.5. The molecule has 0 aliphatic carbocycles. The first kappa shape index (κ1) is 19.2. The molecule has 142 valence electrons. The molecule has 27 heavy (non-hydrogen) atoms. The van der Waals surface area contributed by atoms with E-state index >= 15 is 0 Å². The van der Waals surface area contributed by atoms with E-state index in [1.807, 2.05) is 37.2 Å². The lowest BCUT2D eigenvalue weighted by Gasteiger charge is -2.23. The zero-order valence-corrected chi connectivity index (χ0v) is 17.4. The van der Waals surface area contributed by atoms with Gasteiger partial charge in [0.05, 0.1) is 18.1 Å². The van der Waals surface area contributed by atoms with Crippen molar-refractivity contribution in [1.29, 1.82) is 0 Å². The number of aromatic nitrogens is 2. The van der Waals surface area contributed by atoms with Gasteiger partial charge in [0.1, 0.15) is 21.9 Å². The van der Waals surface area contributed by atoms with Gasteiger partial charge in [-0.25, -0.2) is 9.19 Å². The number of rotatable bonds is 4. The van der Waals surface area contributed by atoms with E-state index in [-0.39, 0.29) is 5.41 Å². The quantitative estimate of drug-likeness (QED) is 0.551. The summed E-state index contributed by atoms with van der Waals surface area (Å²) >= 11 is 0.467. The van der Waals surface area contributed by atoms with Gasteiger partial charge in [-0.05, 0) is 35.2 Å². The summed E-state index contributed by atoms with van der Waals surface area (Å²) in [5.74, 6) is 1.32. The van der Waals surface area contributed by atoms with Gasteiger partial charge in [-0.15, -0.1) is 0 Å². The average molecular weight is 384 g/mol. The van der Waals surface area contributed by atoms with E-state index in [0.29, 0.717) is 21.9 Å². The van der Waals surface area contributed by atoms with E-state index in [1.165, 1.54) is 5.56 Å². The molecule has 1 N–H and O–H groups in total. The number of anilines is 1. The Balaban J connectivity index is 2.19. The Labute approximate surface area is 163 Å². The highest BCUT2D eigenvalue weighted by atomic mass is 32.1. The number of methoxy groups -OCH3 is 1. The van der Waals surface area contributed by atoms with Crippen LogP contribution in [0.25, 0.3) is 11.0 Å². The molecule has 0 atom stereocenters. The lowest BCUT2D eigenvalue weighted by atomic mass is 9.85. The second-order valence-electron chi connectivity index (χ2n) is 7.76. The Morgan fingerprint density at radius 3 is 2.48 bits per heavy atom. The zero-order valence-electron chi connectivity index (χ0n) is 16.6. The topological polar surface area (TPSA) is 58.2 Å². The van der Waals surface area contributed by atoms with Crippen LogP contribution in [0.4, 0.5) is 5.69 Å². The monoisotopic (exact) mass is 383 g/mol. The standard InChI is InChI=1S/C21H25N3O2S/c1-21(2,3)13-7-10-18(24(4)5)15(11-13)19(27-25)20-22-16-9-8-14(26-6)12-17(16)23-20/h7-12H,1-6H3,(H,22,23). The summed E-state index contributed by atoms with van der Waals surface area (Å²) < 4.78 is 17.4. The van der Waals surface area contributed by atoms with Gasteiger partial charge in [-0.2, -0.15) is 0 Å². The Morgan fingerprint density at radius 1 is 1.15 bits per heavy atom. The fourth-order valence-electron chi connectivity index (χ4n) is 3.01. The summed E-state index contributed by atoms with van der Waals surface area (Å²) in [6, 6.07) is 11.9. The van der Waals surface area contributed by atoms with Gasteiger partial charge < -0.3 is 14.6 Å². The fourth-order valence-corrected chi connectivity index (χ4v) is 3.44. The second-order valence-corrected chi connectivity index (χ2v) is 8.33. The number of benzene rings is 2. The van der Waals surface area contributed by atoms with Crippen LogP contribution < -0.4 is 9.64 Å². The lowest BCUT2D eigenvalue weighted by molar-refractivity contribution is 0.415. The predicted molar refractivity (Wildman–Crippen MR) is 113 cm³/mol. The molecule has 2 aromatic carbocycles. The number of ether oxygens (including phenoxy) is 1. The summed E-state index contributed by atoms with van der Waals surface area (Å²) in [6.45, 7) is 6.50. The molecule has 3 rings (SSSR count). The minimum Gasteiger partial charge on any atom is -0.497 e. The smallest absolute Gasteiger partial charge is 0.152 e. The molecule has 0 saturated heterocycles. The van der Waals surface area contributed by atoms with Crippen LogP contribution in [-0.4, -0.2) is 40.2 Å². The largest absolute Gasteiger partial charge is 0.497 e. The third-order valence-corrected chi connectivity index (χ3v) is 5.16. The first-order valence-electron chi connectivity index (χ1n) is 8.77. The third kappa shape index (κ3) is 3.76. The van der Waals surface area contributed by atoms with Crippen molar-refractivity contribution in [2.24, 2.45) is 0 Å². The first-order chi connectivity index (χ1) is 12.7. The van der Waals surface area contributed by atoms with Crippen LogP contribution in [0.3, 0.4) is 0 Å². The van der Waals surface area contributed by atoms with Crippen LogP contribution in [0, 0.1) is 0 Å². The highest BCUT2D eigenvalue weighted by molar-refractivity contribution is 7.67.